The van der Waals surface area contributed by atoms with Crippen LogP contribution in [0.2, 0.25) is 0 Å². The van der Waals surface area contributed by atoms with Crippen molar-refractivity contribution in [1.29, 1.82) is 0 Å². The number of allylic oxidation sites excluding steroid dienone is 2. The Bertz CT molecular complexity index is 867. The molecule has 0 spiro atoms. The molecule has 3 rings (SSSR count). The van der Waals surface area contributed by atoms with Crippen LogP contribution in [0.4, 0.5) is 0 Å². The van der Waals surface area contributed by atoms with Gasteiger partial charge in [-0.25, -0.2) is 4.79 Å². The van der Waals surface area contributed by atoms with Crippen molar-refractivity contribution in [2.24, 2.45) is 5.92 Å². The van der Waals surface area contributed by atoms with E-state index in [4.69, 9.17) is 4.74 Å². The first-order valence-electron chi connectivity index (χ1n) is 10.7. The highest BCUT2D eigenvalue weighted by Crippen LogP contribution is 2.36. The van der Waals surface area contributed by atoms with Gasteiger partial charge in [0.25, 0.3) is 0 Å². The van der Waals surface area contributed by atoms with Crippen LogP contribution >= 0.6 is 23.1 Å². The first-order chi connectivity index (χ1) is 14.6. The fourth-order valence-corrected chi connectivity index (χ4v) is 5.75. The second kappa shape index (κ2) is 11.5. The van der Waals surface area contributed by atoms with Crippen LogP contribution in [0.25, 0.3) is 0 Å². The van der Waals surface area contributed by atoms with Gasteiger partial charge in [-0.05, 0) is 73.3 Å². The maximum atomic E-state index is 12.5. The Morgan fingerprint density at radius 3 is 2.63 bits per heavy atom. The molecular weight excluding hydrogens is 412 g/mol. The largest absolute Gasteiger partial charge is 0.465 e. The second-order valence-electron chi connectivity index (χ2n) is 7.68. The number of unbranched alkanes of at least 4 members (excludes halogenated alkanes) is 2. The SMILES string of the molecule is CCCCCSc1ccc([C@H]2C(=O)C=CC2CCCc2ccc(C(=O)OC)s2)cc1. The van der Waals surface area contributed by atoms with E-state index in [0.29, 0.717) is 4.88 Å². The number of hydrogen-bond donors (Lipinski definition) is 0. The van der Waals surface area contributed by atoms with Crippen molar-refractivity contribution in [3.63, 3.8) is 0 Å². The minimum atomic E-state index is -0.275. The van der Waals surface area contributed by atoms with Gasteiger partial charge in [-0.15, -0.1) is 23.1 Å². The van der Waals surface area contributed by atoms with Crippen molar-refractivity contribution >= 4 is 34.9 Å². The molecule has 1 aromatic heterocycles. The summed E-state index contributed by atoms with van der Waals surface area (Å²) >= 11 is 3.39. The van der Waals surface area contributed by atoms with Gasteiger partial charge in [-0.1, -0.05) is 38.0 Å². The number of rotatable bonds is 11. The number of carbonyl (C=O) groups excluding carboxylic acids is 2. The zero-order valence-corrected chi connectivity index (χ0v) is 19.4. The number of methoxy groups -OCH3 is 1. The molecule has 30 heavy (non-hydrogen) atoms. The topological polar surface area (TPSA) is 43.4 Å². The summed E-state index contributed by atoms with van der Waals surface area (Å²) in [6, 6.07) is 12.4. The van der Waals surface area contributed by atoms with Crippen molar-refractivity contribution in [3.8, 4) is 0 Å². The molecule has 1 heterocycles. The summed E-state index contributed by atoms with van der Waals surface area (Å²) in [6.45, 7) is 2.22. The number of esters is 1. The van der Waals surface area contributed by atoms with Gasteiger partial charge in [0.2, 0.25) is 0 Å². The summed E-state index contributed by atoms with van der Waals surface area (Å²) < 4.78 is 4.77. The minimum Gasteiger partial charge on any atom is -0.465 e. The Hall–Kier alpha value is -1.85. The molecule has 0 bridgehead atoms. The number of ether oxygens (including phenoxy) is 1. The molecular formula is C25H30O3S2. The lowest BCUT2D eigenvalue weighted by molar-refractivity contribution is -0.116. The highest BCUT2D eigenvalue weighted by atomic mass is 32.2. The van der Waals surface area contributed by atoms with E-state index < -0.39 is 0 Å². The van der Waals surface area contributed by atoms with Crippen molar-refractivity contribution in [1.82, 2.24) is 0 Å². The minimum absolute atomic E-state index is 0.0573. The number of thioether (sulfide) groups is 1. The van der Waals surface area contributed by atoms with Gasteiger partial charge >= 0.3 is 5.97 Å². The van der Waals surface area contributed by atoms with E-state index in [9.17, 15) is 9.59 Å². The van der Waals surface area contributed by atoms with E-state index in [1.807, 2.05) is 23.9 Å². The molecule has 0 amide bonds. The summed E-state index contributed by atoms with van der Waals surface area (Å²) in [5, 5.41) is 0. The summed E-state index contributed by atoms with van der Waals surface area (Å²) in [4.78, 5) is 27.2. The average Bonchev–Trinajstić information content (AvgIpc) is 3.38. The Balaban J connectivity index is 1.53. The Morgan fingerprint density at radius 2 is 1.90 bits per heavy atom. The van der Waals surface area contributed by atoms with Gasteiger partial charge in [0, 0.05) is 9.77 Å². The number of carbonyl (C=O) groups is 2. The lowest BCUT2D eigenvalue weighted by Crippen LogP contribution is -2.14. The molecule has 1 aliphatic rings. The second-order valence-corrected chi connectivity index (χ2v) is 10.0. The molecule has 1 aromatic carbocycles. The zero-order valence-electron chi connectivity index (χ0n) is 17.8. The normalized spacial score (nSPS) is 18.1. The van der Waals surface area contributed by atoms with Gasteiger partial charge in [0.05, 0.1) is 13.0 Å². The maximum absolute atomic E-state index is 12.5. The first-order valence-corrected chi connectivity index (χ1v) is 12.5. The predicted molar refractivity (Wildman–Crippen MR) is 126 cm³/mol. The van der Waals surface area contributed by atoms with Crippen LogP contribution in [0, 0.1) is 5.92 Å². The molecule has 1 unspecified atom stereocenters. The maximum Gasteiger partial charge on any atom is 0.348 e. The monoisotopic (exact) mass is 442 g/mol. The fourth-order valence-electron chi connectivity index (χ4n) is 3.87. The van der Waals surface area contributed by atoms with Crippen LogP contribution in [0.15, 0.2) is 53.4 Å². The molecule has 0 saturated carbocycles. The number of hydrogen-bond acceptors (Lipinski definition) is 5. The Labute approximate surface area is 187 Å². The molecule has 3 nitrogen and oxygen atoms in total. The van der Waals surface area contributed by atoms with Crippen molar-refractivity contribution in [2.75, 3.05) is 12.9 Å². The summed E-state index contributed by atoms with van der Waals surface area (Å²) in [6.07, 6.45) is 10.5. The number of benzene rings is 1. The fraction of sp³-hybridized carbons (Fsp3) is 0.440. The van der Waals surface area contributed by atoms with E-state index in [2.05, 4.69) is 37.3 Å². The van der Waals surface area contributed by atoms with Crippen molar-refractivity contribution in [3.05, 3.63) is 63.9 Å². The number of thiophene rings is 1. The highest BCUT2D eigenvalue weighted by molar-refractivity contribution is 7.99. The van der Waals surface area contributed by atoms with E-state index in [0.717, 1.165) is 30.6 Å². The van der Waals surface area contributed by atoms with Crippen LogP contribution in [-0.2, 0) is 16.0 Å². The predicted octanol–water partition coefficient (Wildman–Crippen LogP) is 6.68. The molecule has 5 heteroatoms. The molecule has 1 aliphatic carbocycles. The molecule has 0 N–H and O–H groups in total. The van der Waals surface area contributed by atoms with Gasteiger partial charge in [-0.3, -0.25) is 4.79 Å². The Morgan fingerprint density at radius 1 is 1.10 bits per heavy atom. The molecule has 2 aromatic rings. The van der Waals surface area contributed by atoms with Crippen molar-refractivity contribution in [2.45, 2.75) is 56.3 Å². The molecule has 2 atom stereocenters. The van der Waals surface area contributed by atoms with Crippen molar-refractivity contribution < 1.29 is 14.3 Å². The summed E-state index contributed by atoms with van der Waals surface area (Å²) in [7, 11) is 1.41. The van der Waals surface area contributed by atoms with Crippen LogP contribution in [0.5, 0.6) is 0 Å². The zero-order chi connectivity index (χ0) is 21.3. The first kappa shape index (κ1) is 22.8. The summed E-state index contributed by atoms with van der Waals surface area (Å²) in [5.74, 6) is 1.29. The van der Waals surface area contributed by atoms with Gasteiger partial charge in [0.1, 0.15) is 4.88 Å². The molecule has 0 saturated heterocycles. The molecule has 160 valence electrons. The summed E-state index contributed by atoms with van der Waals surface area (Å²) in [5.41, 5.74) is 1.12. The van der Waals surface area contributed by atoms with Crippen LogP contribution < -0.4 is 0 Å². The standard InChI is InChI=1S/C25H30O3S2/c1-3-4-5-17-29-20-12-9-19(10-13-20)24-18(11-15-22(24)26)7-6-8-21-14-16-23(30-21)25(27)28-2/h9-16,18,24H,3-8,17H2,1-2H3/t18?,24-/m0/s1. The lowest BCUT2D eigenvalue weighted by Gasteiger charge is -2.19. The van der Waals surface area contributed by atoms with Gasteiger partial charge < -0.3 is 4.74 Å². The van der Waals surface area contributed by atoms with Gasteiger partial charge in [0.15, 0.2) is 5.78 Å². The average molecular weight is 443 g/mol. The molecule has 0 radical (unpaired) electrons. The van der Waals surface area contributed by atoms with E-state index in [-0.39, 0.29) is 23.6 Å². The molecule has 0 fully saturated rings. The van der Waals surface area contributed by atoms with Crippen LogP contribution in [-0.4, -0.2) is 24.6 Å². The third-order valence-corrected chi connectivity index (χ3v) is 7.73. The quantitative estimate of drug-likeness (QED) is 0.221. The van der Waals surface area contributed by atoms with E-state index in [1.165, 1.54) is 47.5 Å². The third kappa shape index (κ3) is 6.08. The highest BCUT2D eigenvalue weighted by Gasteiger charge is 2.31. The van der Waals surface area contributed by atoms with Crippen LogP contribution in [0.3, 0.4) is 0 Å². The number of aryl methyl sites for hydroxylation is 1. The third-order valence-electron chi connectivity index (χ3n) is 5.51. The van der Waals surface area contributed by atoms with E-state index in [1.54, 1.807) is 6.08 Å². The van der Waals surface area contributed by atoms with Gasteiger partial charge in [-0.2, -0.15) is 0 Å². The van der Waals surface area contributed by atoms with Crippen LogP contribution in [0.1, 0.15) is 65.1 Å². The smallest absolute Gasteiger partial charge is 0.348 e. The van der Waals surface area contributed by atoms with E-state index >= 15 is 0 Å². The number of ketones is 1. The lowest BCUT2D eigenvalue weighted by atomic mass is 9.84. The molecule has 0 aliphatic heterocycles. The Kier molecular flexibility index (Phi) is 8.76.